The second-order valence-electron chi connectivity index (χ2n) is 6.82. The fourth-order valence-corrected chi connectivity index (χ4v) is 3.35. The standard InChI is InChI=1S/C24H20N2O4S/c1-31(28,29)26-22-11-9-21(10-12-22)24(27)13-8-18-4-3-7-23(15-18)30-17-20-6-2-5-19(14-20)16-25/h2-15,26H,17H2,1H3. The van der Waals surface area contributed by atoms with E-state index in [0.717, 1.165) is 17.4 Å². The number of nitriles is 1. The van der Waals surface area contributed by atoms with Gasteiger partial charge in [0, 0.05) is 11.3 Å². The van der Waals surface area contributed by atoms with Crippen molar-refractivity contribution in [3.05, 3.63) is 101 Å². The minimum atomic E-state index is -3.36. The first-order chi connectivity index (χ1) is 14.8. The summed E-state index contributed by atoms with van der Waals surface area (Å²) in [4.78, 5) is 12.4. The first-order valence-corrected chi connectivity index (χ1v) is 11.2. The summed E-state index contributed by atoms with van der Waals surface area (Å²) in [6.45, 7) is 0.329. The van der Waals surface area contributed by atoms with E-state index in [2.05, 4.69) is 10.8 Å². The average Bonchev–Trinajstić information content (AvgIpc) is 2.76. The van der Waals surface area contributed by atoms with Crippen LogP contribution in [0.5, 0.6) is 5.75 Å². The number of sulfonamides is 1. The van der Waals surface area contributed by atoms with Crippen molar-refractivity contribution in [2.75, 3.05) is 11.0 Å². The van der Waals surface area contributed by atoms with Crippen molar-refractivity contribution in [3.8, 4) is 11.8 Å². The maximum Gasteiger partial charge on any atom is 0.229 e. The molecule has 3 aromatic rings. The molecular weight excluding hydrogens is 412 g/mol. The van der Waals surface area contributed by atoms with E-state index in [4.69, 9.17) is 10.00 Å². The van der Waals surface area contributed by atoms with Crippen LogP contribution in [-0.2, 0) is 16.6 Å². The Balaban J connectivity index is 1.63. The zero-order valence-corrected chi connectivity index (χ0v) is 17.6. The summed E-state index contributed by atoms with van der Waals surface area (Å²) in [5.74, 6) is 0.443. The molecule has 0 atom stereocenters. The van der Waals surface area contributed by atoms with Crippen LogP contribution in [0.2, 0.25) is 0 Å². The summed E-state index contributed by atoms with van der Waals surface area (Å²) < 4.78 is 30.6. The average molecular weight is 433 g/mol. The van der Waals surface area contributed by atoms with Gasteiger partial charge in [0.15, 0.2) is 5.78 Å². The van der Waals surface area contributed by atoms with Crippen LogP contribution in [0.4, 0.5) is 5.69 Å². The van der Waals surface area contributed by atoms with E-state index in [1.165, 1.54) is 18.2 Å². The van der Waals surface area contributed by atoms with Gasteiger partial charge in [-0.25, -0.2) is 8.42 Å². The van der Waals surface area contributed by atoms with E-state index < -0.39 is 10.0 Å². The Morgan fingerprint density at radius 1 is 1.06 bits per heavy atom. The zero-order chi connectivity index (χ0) is 22.3. The summed E-state index contributed by atoms with van der Waals surface area (Å²) in [5, 5.41) is 8.97. The highest BCUT2D eigenvalue weighted by Crippen LogP contribution is 2.18. The summed E-state index contributed by atoms with van der Waals surface area (Å²) in [6.07, 6.45) is 4.21. The zero-order valence-electron chi connectivity index (χ0n) is 16.8. The molecule has 6 nitrogen and oxygen atoms in total. The molecule has 0 aliphatic carbocycles. The van der Waals surface area contributed by atoms with Gasteiger partial charge in [0.05, 0.1) is 17.9 Å². The topological polar surface area (TPSA) is 96.3 Å². The van der Waals surface area contributed by atoms with E-state index in [1.54, 1.807) is 30.3 Å². The molecule has 0 amide bonds. The van der Waals surface area contributed by atoms with Gasteiger partial charge in [0.2, 0.25) is 10.0 Å². The molecule has 0 fully saturated rings. The lowest BCUT2D eigenvalue weighted by Crippen LogP contribution is -2.09. The van der Waals surface area contributed by atoms with Gasteiger partial charge in [0.1, 0.15) is 12.4 Å². The molecule has 0 aliphatic rings. The number of carbonyl (C=O) groups is 1. The Morgan fingerprint density at radius 2 is 1.81 bits per heavy atom. The highest BCUT2D eigenvalue weighted by atomic mass is 32.2. The Bertz CT molecular complexity index is 1260. The number of hydrogen-bond acceptors (Lipinski definition) is 5. The number of carbonyl (C=O) groups excluding carboxylic acids is 1. The SMILES string of the molecule is CS(=O)(=O)Nc1ccc(C(=O)C=Cc2cccc(OCc3cccc(C#N)c3)c2)cc1. The first kappa shape index (κ1) is 21.8. The minimum Gasteiger partial charge on any atom is -0.489 e. The van der Waals surface area contributed by atoms with Crippen LogP contribution < -0.4 is 9.46 Å². The summed E-state index contributed by atoms with van der Waals surface area (Å²) in [6, 6.07) is 22.8. The van der Waals surface area contributed by atoms with Crippen LogP contribution in [0.15, 0.2) is 78.9 Å². The van der Waals surface area contributed by atoms with Crippen LogP contribution in [-0.4, -0.2) is 20.5 Å². The first-order valence-electron chi connectivity index (χ1n) is 9.34. The molecule has 7 heteroatoms. The molecule has 0 radical (unpaired) electrons. The van der Waals surface area contributed by atoms with Gasteiger partial charge in [-0.3, -0.25) is 9.52 Å². The summed E-state index contributed by atoms with van der Waals surface area (Å²) in [7, 11) is -3.36. The largest absolute Gasteiger partial charge is 0.489 e. The molecule has 31 heavy (non-hydrogen) atoms. The van der Waals surface area contributed by atoms with Gasteiger partial charge in [-0.1, -0.05) is 30.3 Å². The third kappa shape index (κ3) is 6.84. The number of rotatable bonds is 8. The van der Waals surface area contributed by atoms with Crippen LogP contribution in [0, 0.1) is 11.3 Å². The molecule has 0 spiro atoms. The number of hydrogen-bond donors (Lipinski definition) is 1. The van der Waals surface area contributed by atoms with Crippen molar-refractivity contribution in [2.24, 2.45) is 0 Å². The molecular formula is C24H20N2O4S. The van der Waals surface area contributed by atoms with Crippen molar-refractivity contribution in [1.29, 1.82) is 5.26 Å². The molecule has 3 rings (SSSR count). The summed E-state index contributed by atoms with van der Waals surface area (Å²) >= 11 is 0. The predicted molar refractivity (Wildman–Crippen MR) is 120 cm³/mol. The van der Waals surface area contributed by atoms with Crippen molar-refractivity contribution < 1.29 is 17.9 Å². The fraction of sp³-hybridized carbons (Fsp3) is 0.0833. The normalized spacial score (nSPS) is 11.1. The van der Waals surface area contributed by atoms with E-state index in [0.29, 0.717) is 29.2 Å². The number of nitrogens with zero attached hydrogens (tertiary/aromatic N) is 1. The van der Waals surface area contributed by atoms with Crippen molar-refractivity contribution >= 4 is 27.6 Å². The monoisotopic (exact) mass is 432 g/mol. The third-order valence-electron chi connectivity index (χ3n) is 4.22. The Kier molecular flexibility index (Phi) is 6.85. The van der Waals surface area contributed by atoms with Gasteiger partial charge in [-0.2, -0.15) is 5.26 Å². The van der Waals surface area contributed by atoms with Gasteiger partial charge >= 0.3 is 0 Å². The molecule has 0 aromatic heterocycles. The Hall–Kier alpha value is -3.89. The number of nitrogens with one attached hydrogen (secondary N) is 1. The van der Waals surface area contributed by atoms with Crippen molar-refractivity contribution in [3.63, 3.8) is 0 Å². The number of allylic oxidation sites excluding steroid dienone is 1. The Labute approximate surface area is 181 Å². The van der Waals surface area contributed by atoms with E-state index in [1.807, 2.05) is 36.4 Å². The van der Waals surface area contributed by atoms with E-state index in [-0.39, 0.29) is 5.78 Å². The second kappa shape index (κ2) is 9.74. The molecule has 156 valence electrons. The number of anilines is 1. The maximum absolute atomic E-state index is 12.4. The molecule has 3 aromatic carbocycles. The molecule has 0 saturated heterocycles. The quantitative estimate of drug-likeness (QED) is 0.420. The predicted octanol–water partition coefficient (Wildman–Crippen LogP) is 4.40. The lowest BCUT2D eigenvalue weighted by molar-refractivity contribution is 0.104. The van der Waals surface area contributed by atoms with Crippen LogP contribution in [0.1, 0.15) is 27.0 Å². The summed E-state index contributed by atoms with van der Waals surface area (Å²) in [5.41, 5.74) is 3.11. The molecule has 0 saturated carbocycles. The lowest BCUT2D eigenvalue weighted by Gasteiger charge is -2.07. The van der Waals surface area contributed by atoms with Crippen LogP contribution >= 0.6 is 0 Å². The highest BCUT2D eigenvalue weighted by molar-refractivity contribution is 7.92. The van der Waals surface area contributed by atoms with Gasteiger partial charge in [0.25, 0.3) is 0 Å². The highest BCUT2D eigenvalue weighted by Gasteiger charge is 2.05. The van der Waals surface area contributed by atoms with Gasteiger partial charge in [-0.15, -0.1) is 0 Å². The van der Waals surface area contributed by atoms with Gasteiger partial charge in [-0.05, 0) is 65.7 Å². The van der Waals surface area contributed by atoms with Crippen molar-refractivity contribution in [1.82, 2.24) is 0 Å². The molecule has 1 N–H and O–H groups in total. The van der Waals surface area contributed by atoms with Gasteiger partial charge < -0.3 is 4.74 Å². The smallest absolute Gasteiger partial charge is 0.229 e. The Morgan fingerprint density at radius 3 is 2.52 bits per heavy atom. The van der Waals surface area contributed by atoms with Crippen molar-refractivity contribution in [2.45, 2.75) is 6.61 Å². The van der Waals surface area contributed by atoms with E-state index in [9.17, 15) is 13.2 Å². The number of ether oxygens (including phenoxy) is 1. The third-order valence-corrected chi connectivity index (χ3v) is 4.83. The molecule has 0 unspecified atom stereocenters. The molecule has 0 bridgehead atoms. The van der Waals surface area contributed by atoms with E-state index >= 15 is 0 Å². The molecule has 0 aliphatic heterocycles. The second-order valence-corrected chi connectivity index (χ2v) is 8.57. The number of ketones is 1. The molecule has 0 heterocycles. The maximum atomic E-state index is 12.4. The minimum absolute atomic E-state index is 0.203. The fourth-order valence-electron chi connectivity index (χ4n) is 2.79. The van der Waals surface area contributed by atoms with Crippen LogP contribution in [0.3, 0.4) is 0 Å². The lowest BCUT2D eigenvalue weighted by atomic mass is 10.1. The number of benzene rings is 3. The van der Waals surface area contributed by atoms with Crippen LogP contribution in [0.25, 0.3) is 6.08 Å².